The van der Waals surface area contributed by atoms with E-state index in [1.165, 1.54) is 0 Å². The molecular formula is C4H9AlLiO+. The molecule has 3 heteroatoms. The Balaban J connectivity index is -0.0000000312. The maximum absolute atomic E-state index is 4.58. The summed E-state index contributed by atoms with van der Waals surface area (Å²) < 4.78 is 4.58. The molecule has 0 radical (unpaired) electrons. The maximum Gasteiger partial charge on any atom is 1.00 e. The third kappa shape index (κ3) is 4.26. The van der Waals surface area contributed by atoms with Gasteiger partial charge < -0.3 is 5.84 Å². The van der Waals surface area contributed by atoms with Gasteiger partial charge in [-0.3, -0.25) is 0 Å². The summed E-state index contributed by atoms with van der Waals surface area (Å²) in [6.45, 7) is 0. The number of furan rings is 1. The molecule has 0 aliphatic rings. The molecule has 0 aromatic carbocycles. The second kappa shape index (κ2) is 6.41. The van der Waals surface area contributed by atoms with Crippen molar-refractivity contribution in [2.75, 3.05) is 0 Å². The van der Waals surface area contributed by atoms with Crippen LogP contribution in [-0.2, 0) is 0 Å². The summed E-state index contributed by atoms with van der Waals surface area (Å²) in [4.78, 5) is 0. The molecule has 1 heterocycles. The van der Waals surface area contributed by atoms with Gasteiger partial charge in [-0.05, 0) is 12.1 Å². The fraction of sp³-hybridized carbons (Fsp3) is 0. The van der Waals surface area contributed by atoms with Gasteiger partial charge in [-0.25, -0.2) is 0 Å². The van der Waals surface area contributed by atoms with Crippen LogP contribution in [0.25, 0.3) is 0 Å². The first-order valence-electron chi connectivity index (χ1n) is 1.47. The number of hydrogen-bond donors (Lipinski definition) is 0. The SMILES string of the molecule is [AlH3].[H+].[H-].[Li+].c1ccoc1. The molecule has 0 N–H and O–H groups in total. The van der Waals surface area contributed by atoms with Gasteiger partial charge in [0.25, 0.3) is 0 Å². The van der Waals surface area contributed by atoms with Gasteiger partial charge in [0, 0.05) is 0 Å². The fourth-order valence-electron chi connectivity index (χ4n) is 0.227. The molecule has 0 bridgehead atoms. The minimum absolute atomic E-state index is 0. The van der Waals surface area contributed by atoms with Crippen molar-refractivity contribution in [1.82, 2.24) is 0 Å². The largest absolute Gasteiger partial charge is 1.00 e. The molecule has 0 fully saturated rings. The van der Waals surface area contributed by atoms with Gasteiger partial charge in [-0.15, -0.1) is 0 Å². The molecule has 7 heavy (non-hydrogen) atoms. The van der Waals surface area contributed by atoms with E-state index in [4.69, 9.17) is 0 Å². The van der Waals surface area contributed by atoms with Gasteiger partial charge in [-0.2, -0.15) is 0 Å². The summed E-state index contributed by atoms with van der Waals surface area (Å²) in [7, 11) is 0. The summed E-state index contributed by atoms with van der Waals surface area (Å²) in [5.74, 6) is 0. The van der Waals surface area contributed by atoms with Crippen LogP contribution >= 0.6 is 0 Å². The van der Waals surface area contributed by atoms with E-state index in [0.717, 1.165) is 0 Å². The molecule has 1 aromatic rings. The van der Waals surface area contributed by atoms with Crippen molar-refractivity contribution in [1.29, 1.82) is 0 Å². The zero-order valence-electron chi connectivity index (χ0n) is 5.72. The van der Waals surface area contributed by atoms with Gasteiger partial charge >= 0.3 is 20.3 Å². The van der Waals surface area contributed by atoms with Crippen LogP contribution in [-0.4, -0.2) is 17.4 Å². The first-order valence-corrected chi connectivity index (χ1v) is 1.47. The molecule has 0 amide bonds. The minimum Gasteiger partial charge on any atom is -1.00 e. The molecule has 0 spiro atoms. The third-order valence-electron chi connectivity index (χ3n) is 0.425. The van der Waals surface area contributed by atoms with Crippen LogP contribution in [0.1, 0.15) is 2.85 Å². The summed E-state index contributed by atoms with van der Waals surface area (Å²) in [5, 5.41) is 0. The van der Waals surface area contributed by atoms with Crippen molar-refractivity contribution in [3.8, 4) is 0 Å². The molecule has 0 aliphatic heterocycles. The van der Waals surface area contributed by atoms with E-state index in [0.29, 0.717) is 0 Å². The van der Waals surface area contributed by atoms with E-state index in [-0.39, 0.29) is 39.1 Å². The zero-order chi connectivity index (χ0) is 3.54. The van der Waals surface area contributed by atoms with Crippen molar-refractivity contribution < 1.29 is 26.1 Å². The van der Waals surface area contributed by atoms with Gasteiger partial charge in [-0.1, -0.05) is 0 Å². The standard InChI is InChI=1S/C4H4O.Al.Li.4H/c1-2-4-5-3-1;;;;;;/h1-4H;;;;;;/q;;+1;;;;-1/p+1. The Morgan fingerprint density at radius 1 is 1.29 bits per heavy atom. The van der Waals surface area contributed by atoms with E-state index in [9.17, 15) is 0 Å². The smallest absolute Gasteiger partial charge is 1.00 e. The summed E-state index contributed by atoms with van der Waals surface area (Å²) in [6, 6.07) is 3.67. The van der Waals surface area contributed by atoms with Crippen LogP contribution < -0.4 is 18.9 Å². The van der Waals surface area contributed by atoms with Crippen LogP contribution in [0.15, 0.2) is 29.1 Å². The normalized spacial score (nSPS) is 5.71. The number of hydrogen-bond acceptors (Lipinski definition) is 1. The van der Waals surface area contributed by atoms with E-state index in [2.05, 4.69) is 4.42 Å². The van der Waals surface area contributed by atoms with E-state index >= 15 is 0 Å². The van der Waals surface area contributed by atoms with Crippen LogP contribution in [0.2, 0.25) is 0 Å². The molecule has 1 nitrogen and oxygen atoms in total. The Labute approximate surface area is 68.4 Å². The Morgan fingerprint density at radius 2 is 1.71 bits per heavy atom. The predicted molar refractivity (Wildman–Crippen MR) is 30.9 cm³/mol. The minimum atomic E-state index is 0. The van der Waals surface area contributed by atoms with Gasteiger partial charge in [0.15, 0.2) is 17.4 Å². The summed E-state index contributed by atoms with van der Waals surface area (Å²) >= 11 is 0. The second-order valence-electron chi connectivity index (χ2n) is 0.793. The van der Waals surface area contributed by atoms with Crippen LogP contribution in [0.4, 0.5) is 0 Å². The van der Waals surface area contributed by atoms with Gasteiger partial charge in [0.1, 0.15) is 0 Å². The molecule has 0 saturated carbocycles. The second-order valence-corrected chi connectivity index (χ2v) is 0.793. The van der Waals surface area contributed by atoms with Gasteiger partial charge in [0.2, 0.25) is 0 Å². The van der Waals surface area contributed by atoms with E-state index in [1.807, 2.05) is 12.1 Å². The van der Waals surface area contributed by atoms with Crippen molar-refractivity contribution in [3.05, 3.63) is 24.7 Å². The first kappa shape index (κ1) is 10.4. The van der Waals surface area contributed by atoms with Crippen LogP contribution in [0.5, 0.6) is 0 Å². The Morgan fingerprint density at radius 3 is 1.86 bits per heavy atom. The molecule has 34 valence electrons. The molecule has 0 atom stereocenters. The Bertz CT molecular complexity index is 75.0. The van der Waals surface area contributed by atoms with Crippen molar-refractivity contribution >= 4 is 17.4 Å². The zero-order valence-corrected chi connectivity index (χ0v) is 3.72. The molecule has 1 rings (SSSR count). The van der Waals surface area contributed by atoms with Crippen LogP contribution in [0.3, 0.4) is 0 Å². The average molecular weight is 107 g/mol. The Kier molecular flexibility index (Phi) is 9.53. The molecule has 0 unspecified atom stereocenters. The Hall–Kier alpha value is 0.410. The fourth-order valence-corrected chi connectivity index (χ4v) is 0.227. The average Bonchev–Trinajstić information content (AvgIpc) is 1.76. The van der Waals surface area contributed by atoms with Crippen LogP contribution in [0, 0.1) is 0 Å². The summed E-state index contributed by atoms with van der Waals surface area (Å²) in [6.07, 6.45) is 3.25. The monoisotopic (exact) mass is 107 g/mol. The third-order valence-corrected chi connectivity index (χ3v) is 0.425. The van der Waals surface area contributed by atoms with Gasteiger partial charge in [0.05, 0.1) is 12.5 Å². The molecule has 0 aliphatic carbocycles. The summed E-state index contributed by atoms with van der Waals surface area (Å²) in [5.41, 5.74) is 0. The predicted octanol–water partition coefficient (Wildman–Crippen LogP) is -2.68. The van der Waals surface area contributed by atoms with Crippen molar-refractivity contribution in [3.63, 3.8) is 0 Å². The number of rotatable bonds is 0. The molecule has 0 saturated heterocycles. The quantitative estimate of drug-likeness (QED) is 0.329. The topological polar surface area (TPSA) is 13.1 Å². The maximum atomic E-state index is 4.58. The first-order chi connectivity index (χ1) is 2.50. The molecule has 1 aromatic heterocycles. The van der Waals surface area contributed by atoms with Crippen molar-refractivity contribution in [2.24, 2.45) is 0 Å². The molecular weight excluding hydrogens is 98.0 g/mol. The van der Waals surface area contributed by atoms with E-state index < -0.39 is 0 Å². The van der Waals surface area contributed by atoms with Crippen molar-refractivity contribution in [2.45, 2.75) is 0 Å². The van der Waals surface area contributed by atoms with E-state index in [1.54, 1.807) is 12.5 Å².